The molecule has 2 nitrogen and oxygen atoms in total. The molecule has 1 saturated carbocycles. The molecule has 1 fully saturated rings. The van der Waals surface area contributed by atoms with Gasteiger partial charge in [-0.05, 0) is 26.0 Å². The van der Waals surface area contributed by atoms with Crippen LogP contribution in [0.4, 0.5) is 0 Å². The van der Waals surface area contributed by atoms with E-state index in [0.717, 1.165) is 11.8 Å². The molecule has 0 heterocycles. The second-order valence-corrected chi connectivity index (χ2v) is 4.65. The lowest BCUT2D eigenvalue weighted by molar-refractivity contribution is 0.186. The lowest BCUT2D eigenvalue weighted by Crippen LogP contribution is -2.38. The minimum absolute atomic E-state index is 0.215. The molecule has 1 aliphatic rings. The van der Waals surface area contributed by atoms with Gasteiger partial charge in [-0.25, -0.2) is 0 Å². The van der Waals surface area contributed by atoms with Crippen molar-refractivity contribution in [3.8, 4) is 0 Å². The zero-order chi connectivity index (χ0) is 8.97. The van der Waals surface area contributed by atoms with Gasteiger partial charge in [0.25, 0.3) is 0 Å². The second-order valence-electron chi connectivity index (χ2n) is 3.57. The van der Waals surface area contributed by atoms with Gasteiger partial charge >= 0.3 is 0 Å². The molecule has 0 bridgehead atoms. The molecule has 72 valence electrons. The molecule has 0 radical (unpaired) electrons. The van der Waals surface area contributed by atoms with E-state index < -0.39 is 0 Å². The van der Waals surface area contributed by atoms with Gasteiger partial charge in [0, 0.05) is 17.8 Å². The first kappa shape index (κ1) is 10.4. The van der Waals surface area contributed by atoms with Crippen LogP contribution in [0.25, 0.3) is 0 Å². The fraction of sp³-hybridized carbons (Fsp3) is 1.00. The summed E-state index contributed by atoms with van der Waals surface area (Å²) in [5.41, 5.74) is 0. The van der Waals surface area contributed by atoms with E-state index >= 15 is 0 Å². The van der Waals surface area contributed by atoms with Crippen molar-refractivity contribution in [1.82, 2.24) is 5.32 Å². The zero-order valence-electron chi connectivity index (χ0n) is 7.92. The highest BCUT2D eigenvalue weighted by atomic mass is 32.2. The van der Waals surface area contributed by atoms with Crippen molar-refractivity contribution >= 4 is 11.8 Å². The van der Waals surface area contributed by atoms with Gasteiger partial charge in [-0.1, -0.05) is 6.42 Å². The van der Waals surface area contributed by atoms with Crippen LogP contribution in [-0.4, -0.2) is 35.3 Å². The first-order valence-corrected chi connectivity index (χ1v) is 5.97. The highest BCUT2D eigenvalue weighted by molar-refractivity contribution is 7.99. The molecule has 12 heavy (non-hydrogen) atoms. The van der Waals surface area contributed by atoms with Gasteiger partial charge in [0.1, 0.15) is 0 Å². The number of thioether (sulfide) groups is 1. The van der Waals surface area contributed by atoms with E-state index in [1.165, 1.54) is 19.3 Å². The van der Waals surface area contributed by atoms with Crippen molar-refractivity contribution in [3.63, 3.8) is 0 Å². The first-order chi connectivity index (χ1) is 5.74. The van der Waals surface area contributed by atoms with Crippen LogP contribution >= 0.6 is 11.8 Å². The topological polar surface area (TPSA) is 32.3 Å². The molecule has 0 aromatic rings. The number of hydrogen-bond donors (Lipinski definition) is 2. The Morgan fingerprint density at radius 1 is 1.58 bits per heavy atom. The number of hydrogen-bond acceptors (Lipinski definition) is 3. The van der Waals surface area contributed by atoms with E-state index in [1.54, 1.807) is 0 Å². The lowest BCUT2D eigenvalue weighted by Gasteiger charge is -2.19. The van der Waals surface area contributed by atoms with Crippen molar-refractivity contribution in [3.05, 3.63) is 0 Å². The summed E-state index contributed by atoms with van der Waals surface area (Å²) in [6.07, 6.45) is 5.90. The molecular formula is C9H19NOS. The largest absolute Gasteiger partial charge is 0.392 e. The maximum atomic E-state index is 9.10. The van der Waals surface area contributed by atoms with Crippen molar-refractivity contribution in [2.24, 2.45) is 0 Å². The fourth-order valence-corrected chi connectivity index (χ4v) is 2.73. The summed E-state index contributed by atoms with van der Waals surface area (Å²) in [6.45, 7) is 2.57. The van der Waals surface area contributed by atoms with Crippen LogP contribution in [-0.2, 0) is 0 Å². The summed E-state index contributed by atoms with van der Waals surface area (Å²) < 4.78 is 0. The monoisotopic (exact) mass is 189 g/mol. The Morgan fingerprint density at radius 2 is 2.33 bits per heavy atom. The summed E-state index contributed by atoms with van der Waals surface area (Å²) in [6, 6.07) is 0.634. The van der Waals surface area contributed by atoms with E-state index in [2.05, 4.69) is 11.6 Å². The summed E-state index contributed by atoms with van der Waals surface area (Å²) >= 11 is 1.95. The first-order valence-electron chi connectivity index (χ1n) is 4.68. The Hall–Kier alpha value is 0.270. The van der Waals surface area contributed by atoms with Gasteiger partial charge < -0.3 is 10.4 Å². The molecule has 0 saturated heterocycles. The second kappa shape index (κ2) is 5.10. The van der Waals surface area contributed by atoms with Gasteiger partial charge in [-0.3, -0.25) is 0 Å². The van der Waals surface area contributed by atoms with E-state index in [1.807, 2.05) is 18.7 Å². The molecule has 0 aromatic heterocycles. The minimum atomic E-state index is -0.215. The summed E-state index contributed by atoms with van der Waals surface area (Å²) in [5.74, 6) is 0. The summed E-state index contributed by atoms with van der Waals surface area (Å²) in [5, 5.41) is 13.3. The molecule has 2 unspecified atom stereocenters. The molecule has 1 rings (SSSR count). The Kier molecular flexibility index (Phi) is 4.40. The predicted molar refractivity (Wildman–Crippen MR) is 54.6 cm³/mol. The highest BCUT2D eigenvalue weighted by Gasteiger charge is 2.25. The summed E-state index contributed by atoms with van der Waals surface area (Å²) in [4.78, 5) is 0. The fourth-order valence-electron chi connectivity index (χ4n) is 1.76. The van der Waals surface area contributed by atoms with E-state index in [4.69, 9.17) is 5.11 Å². The van der Waals surface area contributed by atoms with Crippen LogP contribution < -0.4 is 5.32 Å². The maximum Gasteiger partial charge on any atom is 0.0636 e. The standard InChI is InChI=1S/C9H19NOS/c1-7(11)6-10-8-4-3-5-9(8)12-2/h7-11H,3-6H2,1-2H3/t7-,8?,9?/m1/s1. The van der Waals surface area contributed by atoms with Crippen LogP contribution in [0.1, 0.15) is 26.2 Å². The Balaban J connectivity index is 2.21. The van der Waals surface area contributed by atoms with Crippen LogP contribution in [0.3, 0.4) is 0 Å². The quantitative estimate of drug-likeness (QED) is 0.698. The summed E-state index contributed by atoms with van der Waals surface area (Å²) in [7, 11) is 0. The van der Waals surface area contributed by atoms with Gasteiger partial charge in [0.05, 0.1) is 6.10 Å². The molecule has 3 atom stereocenters. The number of nitrogens with one attached hydrogen (secondary N) is 1. The third-order valence-corrected chi connectivity index (χ3v) is 3.60. The predicted octanol–water partition coefficient (Wildman–Crippen LogP) is 1.24. The Labute approximate surface area is 79.1 Å². The zero-order valence-corrected chi connectivity index (χ0v) is 8.73. The molecule has 0 amide bonds. The van der Waals surface area contributed by atoms with Gasteiger partial charge in [0.15, 0.2) is 0 Å². The molecular weight excluding hydrogens is 170 g/mol. The van der Waals surface area contributed by atoms with Crippen LogP contribution in [0.15, 0.2) is 0 Å². The van der Waals surface area contributed by atoms with Gasteiger partial charge in [-0.2, -0.15) is 11.8 Å². The van der Waals surface area contributed by atoms with Gasteiger partial charge in [-0.15, -0.1) is 0 Å². The number of rotatable bonds is 4. The van der Waals surface area contributed by atoms with E-state index in [-0.39, 0.29) is 6.10 Å². The maximum absolute atomic E-state index is 9.10. The third kappa shape index (κ3) is 2.96. The lowest BCUT2D eigenvalue weighted by atomic mass is 10.2. The molecule has 1 aliphatic carbocycles. The van der Waals surface area contributed by atoms with Crippen molar-refractivity contribution in [1.29, 1.82) is 0 Å². The average molecular weight is 189 g/mol. The molecule has 0 aliphatic heterocycles. The van der Waals surface area contributed by atoms with E-state index in [0.29, 0.717) is 6.04 Å². The molecule has 0 spiro atoms. The minimum Gasteiger partial charge on any atom is -0.392 e. The van der Waals surface area contributed by atoms with Crippen molar-refractivity contribution < 1.29 is 5.11 Å². The van der Waals surface area contributed by atoms with Crippen molar-refractivity contribution in [2.75, 3.05) is 12.8 Å². The molecule has 0 aromatic carbocycles. The number of aliphatic hydroxyl groups excluding tert-OH is 1. The third-order valence-electron chi connectivity index (χ3n) is 2.43. The Bertz CT molecular complexity index is 130. The Morgan fingerprint density at radius 3 is 2.92 bits per heavy atom. The average Bonchev–Trinajstić information content (AvgIpc) is 2.47. The van der Waals surface area contributed by atoms with Gasteiger partial charge in [0.2, 0.25) is 0 Å². The molecule has 2 N–H and O–H groups in total. The van der Waals surface area contributed by atoms with E-state index in [9.17, 15) is 0 Å². The van der Waals surface area contributed by atoms with Crippen molar-refractivity contribution in [2.45, 2.75) is 43.6 Å². The normalized spacial score (nSPS) is 32.2. The van der Waals surface area contributed by atoms with Crippen LogP contribution in [0, 0.1) is 0 Å². The van der Waals surface area contributed by atoms with Crippen LogP contribution in [0.2, 0.25) is 0 Å². The molecule has 3 heteroatoms. The smallest absolute Gasteiger partial charge is 0.0636 e. The van der Waals surface area contributed by atoms with Crippen LogP contribution in [0.5, 0.6) is 0 Å². The SMILES string of the molecule is CSC1CCCC1NC[C@@H](C)O. The highest BCUT2D eigenvalue weighted by Crippen LogP contribution is 2.28. The number of aliphatic hydroxyl groups is 1.